The van der Waals surface area contributed by atoms with Crippen molar-refractivity contribution in [1.29, 1.82) is 0 Å². The number of nitrogens with zero attached hydrogens (tertiary/aromatic N) is 1. The number of rotatable bonds is 8. The van der Waals surface area contributed by atoms with Gasteiger partial charge in [-0.3, -0.25) is 4.79 Å². The van der Waals surface area contributed by atoms with E-state index < -0.39 is 11.7 Å². The van der Waals surface area contributed by atoms with Crippen molar-refractivity contribution < 1.29 is 14.3 Å². The maximum Gasteiger partial charge on any atom is 0.407 e. The first-order valence-corrected chi connectivity index (χ1v) is 8.44. The molecule has 2 N–H and O–H groups in total. The summed E-state index contributed by atoms with van der Waals surface area (Å²) < 4.78 is 5.15. The number of nitrogens with one attached hydrogen (secondary N) is 2. The van der Waals surface area contributed by atoms with Crippen LogP contribution in [0.25, 0.3) is 0 Å². The standard InChI is InChI=1S/C18H29N3O3/c1-6-13(2)21-16-14(9-7-11-19-16)15(22)10-8-12-20-17(23)24-18(3,4)5/h7,9,11,13H,6,8,10,12H2,1-5H3,(H,19,21)(H,20,23)/t13-/m0/s1. The van der Waals surface area contributed by atoms with Gasteiger partial charge in [-0.05, 0) is 52.7 Å². The molecule has 0 radical (unpaired) electrons. The number of hydrogen-bond acceptors (Lipinski definition) is 5. The van der Waals surface area contributed by atoms with Gasteiger partial charge in [-0.1, -0.05) is 6.92 Å². The summed E-state index contributed by atoms with van der Waals surface area (Å²) in [6, 6.07) is 3.79. The number of Topliss-reactive ketones (excluding diaryl/α,β-unsaturated/α-hetero) is 1. The molecule has 0 spiro atoms. The number of carbonyl (C=O) groups is 2. The van der Waals surface area contributed by atoms with Crippen molar-refractivity contribution in [3.8, 4) is 0 Å². The van der Waals surface area contributed by atoms with Gasteiger partial charge in [0.1, 0.15) is 11.4 Å². The molecule has 134 valence electrons. The van der Waals surface area contributed by atoms with Gasteiger partial charge in [0.15, 0.2) is 5.78 Å². The Kier molecular flexibility index (Phi) is 7.68. The molecular formula is C18H29N3O3. The van der Waals surface area contributed by atoms with Gasteiger partial charge < -0.3 is 15.4 Å². The number of ether oxygens (including phenoxy) is 1. The zero-order chi connectivity index (χ0) is 18.2. The van der Waals surface area contributed by atoms with Crippen molar-refractivity contribution in [2.45, 2.75) is 65.5 Å². The molecule has 1 rings (SSSR count). The van der Waals surface area contributed by atoms with Gasteiger partial charge in [0.25, 0.3) is 0 Å². The Morgan fingerprint density at radius 2 is 2.04 bits per heavy atom. The van der Waals surface area contributed by atoms with Crippen LogP contribution in [0.15, 0.2) is 18.3 Å². The van der Waals surface area contributed by atoms with E-state index in [0.717, 1.165) is 6.42 Å². The van der Waals surface area contributed by atoms with Crippen molar-refractivity contribution in [1.82, 2.24) is 10.3 Å². The quantitative estimate of drug-likeness (QED) is 0.558. The molecule has 6 nitrogen and oxygen atoms in total. The number of amides is 1. The molecule has 0 aliphatic rings. The fourth-order valence-electron chi connectivity index (χ4n) is 1.97. The molecule has 1 atom stereocenters. The van der Waals surface area contributed by atoms with Crippen LogP contribution in [-0.2, 0) is 4.74 Å². The third kappa shape index (κ3) is 7.44. The Morgan fingerprint density at radius 1 is 1.33 bits per heavy atom. The molecule has 24 heavy (non-hydrogen) atoms. The largest absolute Gasteiger partial charge is 0.444 e. The summed E-state index contributed by atoms with van der Waals surface area (Å²) in [5, 5.41) is 5.91. The van der Waals surface area contributed by atoms with Crippen LogP contribution in [0.2, 0.25) is 0 Å². The SMILES string of the molecule is CC[C@H](C)Nc1ncccc1C(=O)CCCNC(=O)OC(C)(C)C. The number of pyridine rings is 1. The molecule has 0 fully saturated rings. The average molecular weight is 335 g/mol. The van der Waals surface area contributed by atoms with Crippen LogP contribution in [0.3, 0.4) is 0 Å². The van der Waals surface area contributed by atoms with Crippen molar-refractivity contribution in [3.05, 3.63) is 23.9 Å². The molecule has 1 heterocycles. The highest BCUT2D eigenvalue weighted by atomic mass is 16.6. The molecule has 0 unspecified atom stereocenters. The highest BCUT2D eigenvalue weighted by Crippen LogP contribution is 2.16. The number of alkyl carbamates (subject to hydrolysis) is 1. The van der Waals surface area contributed by atoms with Crippen LogP contribution in [0.5, 0.6) is 0 Å². The fourth-order valence-corrected chi connectivity index (χ4v) is 1.97. The first kappa shape index (κ1) is 19.9. The Bertz CT molecular complexity index is 553. The zero-order valence-corrected chi connectivity index (χ0v) is 15.3. The van der Waals surface area contributed by atoms with Gasteiger partial charge in [0, 0.05) is 25.2 Å². The van der Waals surface area contributed by atoms with Crippen LogP contribution < -0.4 is 10.6 Å². The van der Waals surface area contributed by atoms with E-state index in [1.54, 1.807) is 18.3 Å². The van der Waals surface area contributed by atoms with E-state index in [1.807, 2.05) is 27.7 Å². The van der Waals surface area contributed by atoms with Gasteiger partial charge in [0.2, 0.25) is 0 Å². The monoisotopic (exact) mass is 335 g/mol. The summed E-state index contributed by atoms with van der Waals surface area (Å²) in [7, 11) is 0. The highest BCUT2D eigenvalue weighted by Gasteiger charge is 2.16. The molecule has 0 saturated carbocycles. The number of ketones is 1. The van der Waals surface area contributed by atoms with Gasteiger partial charge >= 0.3 is 6.09 Å². The number of carbonyl (C=O) groups excluding carboxylic acids is 2. The van der Waals surface area contributed by atoms with Gasteiger partial charge in [-0.15, -0.1) is 0 Å². The second kappa shape index (κ2) is 9.25. The van der Waals surface area contributed by atoms with E-state index >= 15 is 0 Å². The third-order valence-corrected chi connectivity index (χ3v) is 3.35. The van der Waals surface area contributed by atoms with Crippen molar-refractivity contribution in [2.75, 3.05) is 11.9 Å². The molecule has 1 aromatic rings. The van der Waals surface area contributed by atoms with Gasteiger partial charge in [-0.2, -0.15) is 0 Å². The maximum atomic E-state index is 12.4. The lowest BCUT2D eigenvalue weighted by Gasteiger charge is -2.19. The van der Waals surface area contributed by atoms with Crippen LogP contribution >= 0.6 is 0 Å². The predicted molar refractivity (Wildman–Crippen MR) is 95.4 cm³/mol. The van der Waals surface area contributed by atoms with Crippen LogP contribution in [0.1, 0.15) is 64.2 Å². The average Bonchev–Trinajstić information content (AvgIpc) is 2.50. The minimum atomic E-state index is -0.522. The van der Waals surface area contributed by atoms with Gasteiger partial charge in [0.05, 0.1) is 5.56 Å². The van der Waals surface area contributed by atoms with Crippen LogP contribution in [0.4, 0.5) is 10.6 Å². The smallest absolute Gasteiger partial charge is 0.407 e. The molecule has 0 aliphatic heterocycles. The molecular weight excluding hydrogens is 306 g/mol. The Labute approximate surface area is 144 Å². The normalized spacial score (nSPS) is 12.4. The molecule has 1 aromatic heterocycles. The molecule has 0 bridgehead atoms. The summed E-state index contributed by atoms with van der Waals surface area (Å²) in [5.41, 5.74) is 0.0710. The molecule has 0 saturated heterocycles. The van der Waals surface area contributed by atoms with Crippen molar-refractivity contribution in [2.24, 2.45) is 0 Å². The Balaban J connectivity index is 2.47. The molecule has 0 aliphatic carbocycles. The molecule has 0 aromatic carbocycles. The zero-order valence-electron chi connectivity index (χ0n) is 15.3. The maximum absolute atomic E-state index is 12.4. The topological polar surface area (TPSA) is 80.3 Å². The summed E-state index contributed by atoms with van der Waals surface area (Å²) in [6.07, 6.45) is 3.05. The predicted octanol–water partition coefficient (Wildman–Crippen LogP) is 3.78. The third-order valence-electron chi connectivity index (χ3n) is 3.35. The second-order valence-electron chi connectivity index (χ2n) is 6.81. The van der Waals surface area contributed by atoms with Gasteiger partial charge in [-0.25, -0.2) is 9.78 Å². The number of aromatic nitrogens is 1. The van der Waals surface area contributed by atoms with E-state index in [-0.39, 0.29) is 11.8 Å². The Morgan fingerprint density at radius 3 is 2.67 bits per heavy atom. The summed E-state index contributed by atoms with van der Waals surface area (Å²) >= 11 is 0. The minimum absolute atomic E-state index is 0.0138. The van der Waals surface area contributed by atoms with Crippen molar-refractivity contribution >= 4 is 17.7 Å². The van der Waals surface area contributed by atoms with E-state index in [9.17, 15) is 9.59 Å². The van der Waals surface area contributed by atoms with E-state index in [0.29, 0.717) is 30.8 Å². The molecule has 1 amide bonds. The lowest BCUT2D eigenvalue weighted by atomic mass is 10.1. The van der Waals surface area contributed by atoms with E-state index in [1.165, 1.54) is 0 Å². The van der Waals surface area contributed by atoms with E-state index in [2.05, 4.69) is 22.5 Å². The lowest BCUT2D eigenvalue weighted by Crippen LogP contribution is -2.33. The first-order valence-electron chi connectivity index (χ1n) is 8.44. The van der Waals surface area contributed by atoms with Crippen LogP contribution in [0, 0.1) is 0 Å². The summed E-state index contributed by atoms with van der Waals surface area (Å²) in [4.78, 5) is 28.2. The lowest BCUT2D eigenvalue weighted by molar-refractivity contribution is 0.0525. The summed E-state index contributed by atoms with van der Waals surface area (Å²) in [6.45, 7) is 9.95. The number of anilines is 1. The summed E-state index contributed by atoms with van der Waals surface area (Å²) in [5.74, 6) is 0.636. The molecule has 6 heteroatoms. The minimum Gasteiger partial charge on any atom is -0.444 e. The number of hydrogen-bond donors (Lipinski definition) is 2. The van der Waals surface area contributed by atoms with Crippen molar-refractivity contribution in [3.63, 3.8) is 0 Å². The highest BCUT2D eigenvalue weighted by molar-refractivity contribution is 6.00. The first-order chi connectivity index (χ1) is 11.2. The van der Waals surface area contributed by atoms with E-state index in [4.69, 9.17) is 4.74 Å². The fraction of sp³-hybridized carbons (Fsp3) is 0.611. The second-order valence-corrected chi connectivity index (χ2v) is 6.81. The van der Waals surface area contributed by atoms with Crippen LogP contribution in [-0.4, -0.2) is 35.0 Å². The Hall–Kier alpha value is -2.11.